The number of phenolic OH excluding ortho intramolecular Hbond substituents is 1. The first-order valence-electron chi connectivity index (χ1n) is 4.87. The molecule has 0 radical (unpaired) electrons. The van der Waals surface area contributed by atoms with E-state index >= 15 is 0 Å². The van der Waals surface area contributed by atoms with Crippen LogP contribution in [0.25, 0.3) is 0 Å². The van der Waals surface area contributed by atoms with Gasteiger partial charge in [0.25, 0.3) is 0 Å². The Kier molecular flexibility index (Phi) is 4.80. The number of aliphatic hydroxyl groups is 1. The van der Waals surface area contributed by atoms with Crippen molar-refractivity contribution < 1.29 is 29.2 Å². The summed E-state index contributed by atoms with van der Waals surface area (Å²) in [6.07, 6.45) is -1.61. The average molecular weight is 321 g/mol. The quantitative estimate of drug-likeness (QED) is 0.815. The Hall–Kier alpha value is -1.47. The highest BCUT2D eigenvalue weighted by atomic mass is 79.9. The van der Waals surface area contributed by atoms with E-state index < -0.39 is 12.1 Å². The molecular formula is C11H13BrO6. The highest BCUT2D eigenvalue weighted by Crippen LogP contribution is 2.45. The van der Waals surface area contributed by atoms with Crippen molar-refractivity contribution in [3.63, 3.8) is 0 Å². The molecule has 6 nitrogen and oxygen atoms in total. The molecule has 0 aromatic heterocycles. The normalized spacial score (nSPS) is 11.8. The molecular weight excluding hydrogens is 308 g/mol. The Morgan fingerprint density at radius 1 is 1.33 bits per heavy atom. The van der Waals surface area contributed by atoms with E-state index in [1.165, 1.54) is 20.3 Å². The lowest BCUT2D eigenvalue weighted by Crippen LogP contribution is -2.14. The molecule has 0 heterocycles. The van der Waals surface area contributed by atoms with Gasteiger partial charge in [-0.2, -0.15) is 0 Å². The van der Waals surface area contributed by atoms with Crippen LogP contribution in [0.1, 0.15) is 11.7 Å². The average Bonchev–Trinajstić information content (AvgIpc) is 2.39. The lowest BCUT2D eigenvalue weighted by atomic mass is 10.1. The Morgan fingerprint density at radius 3 is 2.39 bits per heavy atom. The number of aromatic hydroxyl groups is 1. The summed E-state index contributed by atoms with van der Waals surface area (Å²) in [6.45, 7) is 0. The van der Waals surface area contributed by atoms with Gasteiger partial charge in [-0.3, -0.25) is 0 Å². The number of hydrogen-bond acceptors (Lipinski definition) is 6. The summed E-state index contributed by atoms with van der Waals surface area (Å²) >= 11 is 3.10. The van der Waals surface area contributed by atoms with Crippen LogP contribution in [-0.4, -0.2) is 37.5 Å². The molecule has 18 heavy (non-hydrogen) atoms. The van der Waals surface area contributed by atoms with E-state index in [4.69, 9.17) is 9.47 Å². The first-order chi connectivity index (χ1) is 8.47. The zero-order valence-electron chi connectivity index (χ0n) is 10.1. The lowest BCUT2D eigenvalue weighted by molar-refractivity contribution is -0.150. The molecule has 0 saturated heterocycles. The molecule has 0 amide bonds. The SMILES string of the molecule is COC(=O)C(O)c1cc(OC)c(OC)c(Br)c1O. The molecule has 1 aromatic carbocycles. The fourth-order valence-corrected chi connectivity index (χ4v) is 1.99. The number of hydrogen-bond donors (Lipinski definition) is 2. The number of methoxy groups -OCH3 is 3. The number of phenols is 1. The molecule has 1 atom stereocenters. The smallest absolute Gasteiger partial charge is 0.339 e. The van der Waals surface area contributed by atoms with Crippen LogP contribution in [0.3, 0.4) is 0 Å². The molecule has 2 N–H and O–H groups in total. The van der Waals surface area contributed by atoms with Gasteiger partial charge in [0.15, 0.2) is 17.6 Å². The van der Waals surface area contributed by atoms with Gasteiger partial charge in [-0.05, 0) is 22.0 Å². The summed E-state index contributed by atoms with van der Waals surface area (Å²) in [5.41, 5.74) is -0.0358. The molecule has 0 aliphatic carbocycles. The number of benzene rings is 1. The maximum Gasteiger partial charge on any atom is 0.339 e. The summed E-state index contributed by atoms with van der Waals surface area (Å²) in [6, 6.07) is 1.31. The molecule has 100 valence electrons. The lowest BCUT2D eigenvalue weighted by Gasteiger charge is -2.16. The highest BCUT2D eigenvalue weighted by Gasteiger charge is 2.26. The van der Waals surface area contributed by atoms with Crippen LogP contribution in [0.5, 0.6) is 17.2 Å². The van der Waals surface area contributed by atoms with E-state index in [-0.39, 0.29) is 27.3 Å². The van der Waals surface area contributed by atoms with Crippen LogP contribution in [0.2, 0.25) is 0 Å². The number of halogens is 1. The van der Waals surface area contributed by atoms with Crippen LogP contribution < -0.4 is 9.47 Å². The zero-order valence-corrected chi connectivity index (χ0v) is 11.6. The topological polar surface area (TPSA) is 85.2 Å². The Balaban J connectivity index is 3.38. The van der Waals surface area contributed by atoms with E-state index in [1.54, 1.807) is 0 Å². The van der Waals surface area contributed by atoms with Crippen molar-refractivity contribution in [3.8, 4) is 17.2 Å². The van der Waals surface area contributed by atoms with Crippen LogP contribution in [0, 0.1) is 0 Å². The predicted octanol–water partition coefficient (Wildman–Crippen LogP) is 1.38. The van der Waals surface area contributed by atoms with Gasteiger partial charge in [-0.1, -0.05) is 0 Å². The maximum atomic E-state index is 11.3. The molecule has 0 saturated carbocycles. The number of carbonyl (C=O) groups is 1. The van der Waals surface area contributed by atoms with Crippen LogP contribution in [0.4, 0.5) is 0 Å². The third-order valence-corrected chi connectivity index (χ3v) is 3.07. The first kappa shape index (κ1) is 14.6. The second-order valence-electron chi connectivity index (χ2n) is 3.29. The van der Waals surface area contributed by atoms with Gasteiger partial charge in [-0.15, -0.1) is 0 Å². The number of esters is 1. The van der Waals surface area contributed by atoms with Crippen molar-refractivity contribution in [1.29, 1.82) is 0 Å². The molecule has 0 fully saturated rings. The van der Waals surface area contributed by atoms with Crippen molar-refractivity contribution in [2.45, 2.75) is 6.10 Å². The van der Waals surface area contributed by atoms with E-state index in [0.29, 0.717) is 0 Å². The van der Waals surface area contributed by atoms with Crippen molar-refractivity contribution in [1.82, 2.24) is 0 Å². The molecule has 0 aliphatic rings. The van der Waals surface area contributed by atoms with E-state index in [9.17, 15) is 15.0 Å². The summed E-state index contributed by atoms with van der Waals surface area (Å²) < 4.78 is 14.7. The fourth-order valence-electron chi connectivity index (χ4n) is 1.41. The number of ether oxygens (including phenoxy) is 3. The van der Waals surface area contributed by atoms with E-state index in [0.717, 1.165) is 7.11 Å². The molecule has 1 unspecified atom stereocenters. The van der Waals surface area contributed by atoms with Crippen molar-refractivity contribution >= 4 is 21.9 Å². The monoisotopic (exact) mass is 320 g/mol. The first-order valence-corrected chi connectivity index (χ1v) is 5.66. The van der Waals surface area contributed by atoms with Crippen LogP contribution in [-0.2, 0) is 9.53 Å². The summed E-state index contributed by atoms with van der Waals surface area (Å²) in [5.74, 6) is -0.675. The second kappa shape index (κ2) is 5.92. The number of aliphatic hydroxyl groups excluding tert-OH is 1. The number of carbonyl (C=O) groups excluding carboxylic acids is 1. The minimum atomic E-state index is -1.61. The number of rotatable bonds is 4. The van der Waals surface area contributed by atoms with Crippen molar-refractivity contribution in [2.24, 2.45) is 0 Å². The van der Waals surface area contributed by atoms with Crippen molar-refractivity contribution in [3.05, 3.63) is 16.1 Å². The maximum absolute atomic E-state index is 11.3. The summed E-state index contributed by atoms with van der Waals surface area (Å²) in [4.78, 5) is 11.3. The van der Waals surface area contributed by atoms with E-state index in [1.807, 2.05) is 0 Å². The van der Waals surface area contributed by atoms with Crippen LogP contribution >= 0.6 is 15.9 Å². The van der Waals surface area contributed by atoms with Gasteiger partial charge in [0.05, 0.1) is 21.3 Å². The van der Waals surface area contributed by atoms with E-state index in [2.05, 4.69) is 20.7 Å². The van der Waals surface area contributed by atoms with Gasteiger partial charge >= 0.3 is 5.97 Å². The Bertz CT molecular complexity index is 459. The molecule has 0 bridgehead atoms. The van der Waals surface area contributed by atoms with Gasteiger partial charge in [0.1, 0.15) is 10.2 Å². The standard InChI is InChI=1S/C11H13BrO6/c1-16-6-4-5(9(14)11(15)18-3)8(13)7(12)10(6)17-2/h4,9,13-14H,1-3H3. The third kappa shape index (κ3) is 2.51. The van der Waals surface area contributed by atoms with Gasteiger partial charge < -0.3 is 24.4 Å². The predicted molar refractivity (Wildman–Crippen MR) is 65.9 cm³/mol. The van der Waals surface area contributed by atoms with Gasteiger partial charge in [0.2, 0.25) is 0 Å². The Labute approximate surface area is 112 Å². The summed E-state index contributed by atoms with van der Waals surface area (Å²) in [7, 11) is 3.94. The van der Waals surface area contributed by atoms with Gasteiger partial charge in [-0.25, -0.2) is 4.79 Å². The van der Waals surface area contributed by atoms with Crippen LogP contribution in [0.15, 0.2) is 10.5 Å². The molecule has 7 heteroatoms. The minimum absolute atomic E-state index is 0.0358. The van der Waals surface area contributed by atoms with Crippen molar-refractivity contribution in [2.75, 3.05) is 21.3 Å². The molecule has 0 aliphatic heterocycles. The molecule has 1 rings (SSSR count). The fraction of sp³-hybridized carbons (Fsp3) is 0.364. The highest BCUT2D eigenvalue weighted by molar-refractivity contribution is 9.10. The summed E-state index contributed by atoms with van der Waals surface area (Å²) in [5, 5.41) is 19.6. The molecule has 1 aromatic rings. The van der Waals surface area contributed by atoms with Gasteiger partial charge in [0, 0.05) is 5.56 Å². The Morgan fingerprint density at radius 2 is 1.94 bits per heavy atom. The minimum Gasteiger partial charge on any atom is -0.506 e. The zero-order chi connectivity index (χ0) is 13.9. The largest absolute Gasteiger partial charge is 0.506 e. The third-order valence-electron chi connectivity index (χ3n) is 2.33. The second-order valence-corrected chi connectivity index (χ2v) is 4.08. The molecule has 0 spiro atoms.